The summed E-state index contributed by atoms with van der Waals surface area (Å²) in [5.41, 5.74) is 2.10. The number of piperazine rings is 1. The van der Waals surface area contributed by atoms with Gasteiger partial charge in [-0.15, -0.1) is 0 Å². The Kier molecular flexibility index (Phi) is 4.97. The Balaban J connectivity index is 1.62. The number of nitrogens with zero attached hydrogens (tertiary/aromatic N) is 3. The second-order valence-electron chi connectivity index (χ2n) is 5.85. The van der Waals surface area contributed by atoms with Crippen LogP contribution in [0.5, 0.6) is 5.75 Å². The number of anilines is 1. The molecular weight excluding hydrogens is 305 g/mol. The van der Waals surface area contributed by atoms with Crippen LogP contribution in [0, 0.1) is 17.1 Å². The number of rotatable bonds is 4. The Bertz CT molecular complexity index is 749. The maximum Gasteiger partial charge on any atom is 0.142 e. The zero-order valence-electron chi connectivity index (χ0n) is 13.7. The van der Waals surface area contributed by atoms with E-state index in [-0.39, 0.29) is 5.82 Å². The van der Waals surface area contributed by atoms with Gasteiger partial charge in [-0.2, -0.15) is 5.26 Å². The summed E-state index contributed by atoms with van der Waals surface area (Å²) in [7, 11) is 1.68. The predicted molar refractivity (Wildman–Crippen MR) is 91.6 cm³/mol. The Morgan fingerprint density at radius 3 is 2.54 bits per heavy atom. The lowest BCUT2D eigenvalue weighted by atomic mass is 10.1. The minimum atomic E-state index is -0.304. The van der Waals surface area contributed by atoms with Crippen LogP contribution in [0.2, 0.25) is 0 Å². The molecule has 5 heteroatoms. The van der Waals surface area contributed by atoms with Gasteiger partial charge in [0, 0.05) is 38.3 Å². The second-order valence-corrected chi connectivity index (χ2v) is 5.85. The minimum Gasteiger partial charge on any atom is -0.495 e. The molecule has 0 spiro atoms. The summed E-state index contributed by atoms with van der Waals surface area (Å²) in [6, 6.07) is 14.7. The summed E-state index contributed by atoms with van der Waals surface area (Å²) in [4.78, 5) is 4.53. The summed E-state index contributed by atoms with van der Waals surface area (Å²) >= 11 is 0. The summed E-state index contributed by atoms with van der Waals surface area (Å²) in [5.74, 6) is 0.574. The van der Waals surface area contributed by atoms with Gasteiger partial charge >= 0.3 is 0 Å². The standard InChI is InChI=1S/C19H20FN3O/c1-24-19-5-3-2-4-18(19)23-10-8-22(9-11-23)14-16-7-6-15(13-21)12-17(16)20/h2-7,12H,8-11,14H2,1H3. The van der Waals surface area contributed by atoms with E-state index in [1.807, 2.05) is 24.3 Å². The van der Waals surface area contributed by atoms with E-state index in [2.05, 4.69) is 15.9 Å². The van der Waals surface area contributed by atoms with Gasteiger partial charge in [-0.3, -0.25) is 4.90 Å². The lowest BCUT2D eigenvalue weighted by Gasteiger charge is -2.36. The van der Waals surface area contributed by atoms with Crippen LogP contribution in [-0.2, 0) is 6.54 Å². The topological polar surface area (TPSA) is 39.5 Å². The van der Waals surface area contributed by atoms with Crippen LogP contribution < -0.4 is 9.64 Å². The molecule has 2 aromatic carbocycles. The van der Waals surface area contributed by atoms with E-state index in [1.165, 1.54) is 6.07 Å². The van der Waals surface area contributed by atoms with Crippen LogP contribution in [-0.4, -0.2) is 38.2 Å². The molecule has 2 aromatic rings. The fourth-order valence-electron chi connectivity index (χ4n) is 3.02. The van der Waals surface area contributed by atoms with Gasteiger partial charge in [-0.05, 0) is 24.3 Å². The lowest BCUT2D eigenvalue weighted by molar-refractivity contribution is 0.246. The van der Waals surface area contributed by atoms with Crippen molar-refractivity contribution >= 4 is 5.69 Å². The molecule has 1 heterocycles. The lowest BCUT2D eigenvalue weighted by Crippen LogP contribution is -2.46. The van der Waals surface area contributed by atoms with Crippen molar-refractivity contribution in [3.8, 4) is 11.8 Å². The summed E-state index contributed by atoms with van der Waals surface area (Å²) in [5, 5.41) is 8.81. The van der Waals surface area contributed by atoms with Gasteiger partial charge in [-0.1, -0.05) is 18.2 Å². The Morgan fingerprint density at radius 1 is 1.12 bits per heavy atom. The molecule has 124 valence electrons. The normalized spacial score (nSPS) is 15.1. The number of para-hydroxylation sites is 2. The zero-order chi connectivity index (χ0) is 16.9. The van der Waals surface area contributed by atoms with Crippen molar-refractivity contribution in [2.24, 2.45) is 0 Å². The SMILES string of the molecule is COc1ccccc1N1CCN(Cc2ccc(C#N)cc2F)CC1. The maximum absolute atomic E-state index is 14.0. The predicted octanol–water partition coefficient (Wildman–Crippen LogP) is 3.03. The van der Waals surface area contributed by atoms with Gasteiger partial charge in [-0.25, -0.2) is 4.39 Å². The van der Waals surface area contributed by atoms with E-state index in [0.717, 1.165) is 37.6 Å². The van der Waals surface area contributed by atoms with Gasteiger partial charge in [0.25, 0.3) is 0 Å². The highest BCUT2D eigenvalue weighted by Crippen LogP contribution is 2.28. The Morgan fingerprint density at radius 2 is 1.88 bits per heavy atom. The number of methoxy groups -OCH3 is 1. The first kappa shape index (κ1) is 16.3. The fourth-order valence-corrected chi connectivity index (χ4v) is 3.02. The number of halogens is 1. The summed E-state index contributed by atoms with van der Waals surface area (Å²) < 4.78 is 19.5. The molecule has 0 aromatic heterocycles. The van der Waals surface area contributed by atoms with Crippen LogP contribution in [0.4, 0.5) is 10.1 Å². The molecule has 1 saturated heterocycles. The van der Waals surface area contributed by atoms with Crippen LogP contribution in [0.15, 0.2) is 42.5 Å². The first-order valence-electron chi connectivity index (χ1n) is 8.00. The molecule has 0 aliphatic carbocycles. The van der Waals surface area contributed by atoms with Gasteiger partial charge in [0.2, 0.25) is 0 Å². The average Bonchev–Trinajstić information content (AvgIpc) is 2.64. The first-order chi connectivity index (χ1) is 11.7. The molecule has 0 atom stereocenters. The zero-order valence-corrected chi connectivity index (χ0v) is 13.7. The number of ether oxygens (including phenoxy) is 1. The highest BCUT2D eigenvalue weighted by Gasteiger charge is 2.20. The highest BCUT2D eigenvalue weighted by atomic mass is 19.1. The number of hydrogen-bond donors (Lipinski definition) is 0. The molecule has 1 aliphatic heterocycles. The van der Waals surface area contributed by atoms with Crippen LogP contribution in [0.1, 0.15) is 11.1 Å². The molecule has 0 amide bonds. The third-order valence-corrected chi connectivity index (χ3v) is 4.37. The molecule has 24 heavy (non-hydrogen) atoms. The molecular formula is C19H20FN3O. The first-order valence-corrected chi connectivity index (χ1v) is 8.00. The third kappa shape index (κ3) is 3.50. The highest BCUT2D eigenvalue weighted by molar-refractivity contribution is 5.58. The van der Waals surface area contributed by atoms with E-state index in [0.29, 0.717) is 17.7 Å². The van der Waals surface area contributed by atoms with E-state index in [1.54, 1.807) is 19.2 Å². The molecule has 3 rings (SSSR count). The maximum atomic E-state index is 14.0. The molecule has 0 unspecified atom stereocenters. The molecule has 0 radical (unpaired) electrons. The largest absolute Gasteiger partial charge is 0.495 e. The number of benzene rings is 2. The van der Waals surface area contributed by atoms with Crippen molar-refractivity contribution in [1.29, 1.82) is 5.26 Å². The van der Waals surface area contributed by atoms with Gasteiger partial charge < -0.3 is 9.64 Å². The van der Waals surface area contributed by atoms with E-state index in [4.69, 9.17) is 10.00 Å². The van der Waals surface area contributed by atoms with Crippen LogP contribution in [0.25, 0.3) is 0 Å². The molecule has 1 aliphatic rings. The van der Waals surface area contributed by atoms with Gasteiger partial charge in [0.05, 0.1) is 24.4 Å². The summed E-state index contributed by atoms with van der Waals surface area (Å²) in [6.07, 6.45) is 0. The van der Waals surface area contributed by atoms with Crippen molar-refractivity contribution in [2.75, 3.05) is 38.2 Å². The van der Waals surface area contributed by atoms with Crippen molar-refractivity contribution < 1.29 is 9.13 Å². The van der Waals surface area contributed by atoms with Crippen molar-refractivity contribution in [3.05, 3.63) is 59.4 Å². The minimum absolute atomic E-state index is 0.304. The van der Waals surface area contributed by atoms with Crippen molar-refractivity contribution in [3.63, 3.8) is 0 Å². The smallest absolute Gasteiger partial charge is 0.142 e. The van der Waals surface area contributed by atoms with Gasteiger partial charge in [0.15, 0.2) is 0 Å². The molecule has 0 saturated carbocycles. The van der Waals surface area contributed by atoms with Crippen molar-refractivity contribution in [1.82, 2.24) is 4.90 Å². The quantitative estimate of drug-likeness (QED) is 0.866. The number of nitriles is 1. The van der Waals surface area contributed by atoms with E-state index in [9.17, 15) is 4.39 Å². The molecule has 1 fully saturated rings. The Hall–Kier alpha value is -2.58. The summed E-state index contributed by atoms with van der Waals surface area (Å²) in [6.45, 7) is 4.03. The van der Waals surface area contributed by atoms with Crippen LogP contribution in [0.3, 0.4) is 0 Å². The fraction of sp³-hybridized carbons (Fsp3) is 0.316. The number of hydrogen-bond acceptors (Lipinski definition) is 4. The van der Waals surface area contributed by atoms with Crippen molar-refractivity contribution in [2.45, 2.75) is 6.54 Å². The second kappa shape index (κ2) is 7.33. The molecule has 0 N–H and O–H groups in total. The van der Waals surface area contributed by atoms with E-state index >= 15 is 0 Å². The molecule has 4 nitrogen and oxygen atoms in total. The monoisotopic (exact) mass is 325 g/mol. The van der Waals surface area contributed by atoms with Crippen LogP contribution >= 0.6 is 0 Å². The van der Waals surface area contributed by atoms with Gasteiger partial charge in [0.1, 0.15) is 11.6 Å². The Labute approximate surface area is 141 Å². The average molecular weight is 325 g/mol. The molecule has 0 bridgehead atoms. The third-order valence-electron chi connectivity index (χ3n) is 4.37. The van der Waals surface area contributed by atoms with E-state index < -0.39 is 0 Å².